The Labute approximate surface area is 165 Å². The number of halogens is 3. The van der Waals surface area contributed by atoms with Crippen LogP contribution < -0.4 is 14.8 Å². The van der Waals surface area contributed by atoms with Crippen LogP contribution in [0.3, 0.4) is 0 Å². The van der Waals surface area contributed by atoms with Gasteiger partial charge in [-0.15, -0.1) is 13.2 Å². The van der Waals surface area contributed by atoms with Crippen LogP contribution in [0.5, 0.6) is 11.5 Å². The predicted molar refractivity (Wildman–Crippen MR) is 102 cm³/mol. The molecular weight excluding hydrogens is 387 g/mol. The molecule has 0 aliphatic heterocycles. The number of aliphatic hydroxyl groups is 1. The number of H-pyrrole nitrogens is 1. The minimum atomic E-state index is -4.73. The Balaban J connectivity index is 1.45. The van der Waals surface area contributed by atoms with Gasteiger partial charge in [-0.2, -0.15) is 5.10 Å². The van der Waals surface area contributed by atoms with Crippen molar-refractivity contribution in [3.63, 3.8) is 0 Å². The van der Waals surface area contributed by atoms with Gasteiger partial charge < -0.3 is 19.9 Å². The van der Waals surface area contributed by atoms with E-state index in [1.165, 1.54) is 12.1 Å². The van der Waals surface area contributed by atoms with Crippen LogP contribution in [-0.2, 0) is 6.42 Å². The Hall–Kier alpha value is -2.78. The zero-order valence-electron chi connectivity index (χ0n) is 15.8. The number of hydrogen-bond donors (Lipinski definition) is 3. The van der Waals surface area contributed by atoms with Crippen LogP contribution in [0.15, 0.2) is 42.5 Å². The summed E-state index contributed by atoms with van der Waals surface area (Å²) in [6.07, 6.45) is -5.18. The molecule has 2 aromatic carbocycles. The third-order valence-corrected chi connectivity index (χ3v) is 4.30. The second-order valence-electron chi connectivity index (χ2n) is 6.57. The highest BCUT2D eigenvalue weighted by Gasteiger charge is 2.31. The molecule has 156 valence electrons. The highest BCUT2D eigenvalue weighted by atomic mass is 19.4. The van der Waals surface area contributed by atoms with Gasteiger partial charge in [0.15, 0.2) is 0 Å². The summed E-state index contributed by atoms with van der Waals surface area (Å²) in [5, 5.41) is 21.1. The number of alkyl halides is 3. The summed E-state index contributed by atoms with van der Waals surface area (Å²) in [6.45, 7) is 2.58. The maximum absolute atomic E-state index is 12.5. The number of aryl methyl sites for hydroxylation is 1. The van der Waals surface area contributed by atoms with Crippen molar-refractivity contribution < 1.29 is 27.8 Å². The third-order valence-electron chi connectivity index (χ3n) is 4.30. The van der Waals surface area contributed by atoms with Crippen molar-refractivity contribution in [2.24, 2.45) is 0 Å². The fraction of sp³-hybridized carbons (Fsp3) is 0.350. The van der Waals surface area contributed by atoms with Gasteiger partial charge in [0.05, 0.1) is 10.9 Å². The molecule has 9 heteroatoms. The highest BCUT2D eigenvalue weighted by molar-refractivity contribution is 5.87. The molecule has 3 rings (SSSR count). The average Bonchev–Trinajstić information content (AvgIpc) is 3.05. The molecule has 0 aliphatic rings. The molecule has 0 radical (unpaired) electrons. The van der Waals surface area contributed by atoms with Gasteiger partial charge in [-0.05, 0) is 43.7 Å². The fourth-order valence-corrected chi connectivity index (χ4v) is 2.98. The zero-order valence-corrected chi connectivity index (χ0v) is 15.8. The minimum absolute atomic E-state index is 0.0739. The van der Waals surface area contributed by atoms with E-state index in [1.54, 1.807) is 12.1 Å². The van der Waals surface area contributed by atoms with Gasteiger partial charge in [0.25, 0.3) is 0 Å². The highest BCUT2D eigenvalue weighted by Crippen LogP contribution is 2.27. The first-order chi connectivity index (χ1) is 13.8. The van der Waals surface area contributed by atoms with E-state index in [0.717, 1.165) is 16.6 Å². The molecule has 0 amide bonds. The largest absolute Gasteiger partial charge is 0.573 e. The zero-order chi connectivity index (χ0) is 20.9. The quantitative estimate of drug-likeness (QED) is 0.473. The number of aliphatic hydroxyl groups excluding tert-OH is 1. The number of fused-ring (bicyclic) bond motifs is 1. The molecule has 0 fully saturated rings. The van der Waals surface area contributed by atoms with Crippen molar-refractivity contribution in [3.8, 4) is 11.5 Å². The number of hydrogen-bond acceptors (Lipinski definition) is 5. The number of benzene rings is 2. The van der Waals surface area contributed by atoms with Gasteiger partial charge in [0.2, 0.25) is 0 Å². The molecular formula is C20H22F3N3O3. The number of aromatic nitrogens is 2. The van der Waals surface area contributed by atoms with Crippen molar-refractivity contribution >= 4 is 10.9 Å². The molecule has 1 atom stereocenters. The van der Waals surface area contributed by atoms with Gasteiger partial charge in [0.1, 0.15) is 24.2 Å². The van der Waals surface area contributed by atoms with Gasteiger partial charge in [-0.25, -0.2) is 0 Å². The smallest absolute Gasteiger partial charge is 0.490 e. The number of ether oxygens (including phenoxy) is 2. The monoisotopic (exact) mass is 409 g/mol. The molecule has 0 bridgehead atoms. The first kappa shape index (κ1) is 20.9. The predicted octanol–water partition coefficient (Wildman–Crippen LogP) is 3.34. The Bertz CT molecular complexity index is 943. The molecule has 1 heterocycles. The standard InChI is InChI=1S/C20H22F3N3O3/c1-13-19-16(26-25-13)6-4-8-18(19)28-12-15(27)11-24-10-9-14-5-2-3-7-17(14)29-20(21,22)23/h2-8,15,24,27H,9-12H2,1H3,(H,25,26)/t15-/m0/s1. The molecule has 0 spiro atoms. The Morgan fingerprint density at radius 2 is 1.90 bits per heavy atom. The van der Waals surface area contributed by atoms with Crippen LogP contribution in [0.25, 0.3) is 10.9 Å². The van der Waals surface area contributed by atoms with E-state index in [9.17, 15) is 18.3 Å². The van der Waals surface area contributed by atoms with E-state index in [0.29, 0.717) is 24.3 Å². The lowest BCUT2D eigenvalue weighted by Gasteiger charge is -2.15. The van der Waals surface area contributed by atoms with E-state index in [2.05, 4.69) is 20.3 Å². The summed E-state index contributed by atoms with van der Waals surface area (Å²) in [5.74, 6) is 0.417. The van der Waals surface area contributed by atoms with Crippen molar-refractivity contribution in [3.05, 3.63) is 53.7 Å². The van der Waals surface area contributed by atoms with Gasteiger partial charge in [0, 0.05) is 12.2 Å². The first-order valence-electron chi connectivity index (χ1n) is 9.12. The summed E-state index contributed by atoms with van der Waals surface area (Å²) >= 11 is 0. The van der Waals surface area contributed by atoms with Crippen LogP contribution in [0.1, 0.15) is 11.3 Å². The van der Waals surface area contributed by atoms with Crippen LogP contribution >= 0.6 is 0 Å². The minimum Gasteiger partial charge on any atom is -0.490 e. The van der Waals surface area contributed by atoms with E-state index < -0.39 is 12.5 Å². The molecule has 1 aromatic heterocycles. The van der Waals surface area contributed by atoms with E-state index in [-0.39, 0.29) is 18.9 Å². The number of nitrogens with zero attached hydrogens (tertiary/aromatic N) is 1. The Morgan fingerprint density at radius 1 is 1.14 bits per heavy atom. The van der Waals surface area contributed by atoms with Crippen molar-refractivity contribution in [2.75, 3.05) is 19.7 Å². The Morgan fingerprint density at radius 3 is 2.69 bits per heavy atom. The van der Waals surface area contributed by atoms with Gasteiger partial charge in [-0.3, -0.25) is 5.10 Å². The van der Waals surface area contributed by atoms with E-state index in [4.69, 9.17) is 4.74 Å². The number of nitrogens with one attached hydrogen (secondary N) is 2. The second-order valence-corrected chi connectivity index (χ2v) is 6.57. The molecule has 0 saturated carbocycles. The summed E-state index contributed by atoms with van der Waals surface area (Å²) < 4.78 is 47.1. The molecule has 6 nitrogen and oxygen atoms in total. The van der Waals surface area contributed by atoms with Crippen LogP contribution in [0, 0.1) is 6.92 Å². The van der Waals surface area contributed by atoms with E-state index >= 15 is 0 Å². The SMILES string of the molecule is Cc1[nH]nc2cccc(OC[C@@H](O)CNCCc3ccccc3OC(F)(F)F)c12. The fourth-order valence-electron chi connectivity index (χ4n) is 2.98. The third kappa shape index (κ3) is 5.85. The number of rotatable bonds is 9. The summed E-state index contributed by atoms with van der Waals surface area (Å²) in [5.41, 5.74) is 2.10. The molecule has 29 heavy (non-hydrogen) atoms. The van der Waals surface area contributed by atoms with Crippen LogP contribution in [-0.4, -0.2) is 47.5 Å². The molecule has 3 N–H and O–H groups in total. The summed E-state index contributed by atoms with van der Waals surface area (Å²) in [7, 11) is 0. The number of para-hydroxylation sites is 1. The second kappa shape index (κ2) is 9.15. The molecule has 0 saturated heterocycles. The summed E-state index contributed by atoms with van der Waals surface area (Å²) in [6, 6.07) is 11.5. The topological polar surface area (TPSA) is 79.4 Å². The maximum atomic E-state index is 12.5. The van der Waals surface area contributed by atoms with Crippen molar-refractivity contribution in [1.29, 1.82) is 0 Å². The Kier molecular flexibility index (Phi) is 6.60. The average molecular weight is 409 g/mol. The first-order valence-corrected chi connectivity index (χ1v) is 9.12. The maximum Gasteiger partial charge on any atom is 0.573 e. The summed E-state index contributed by atoms with van der Waals surface area (Å²) in [4.78, 5) is 0. The van der Waals surface area contributed by atoms with Gasteiger partial charge in [-0.1, -0.05) is 24.3 Å². The molecule has 0 unspecified atom stereocenters. The number of aromatic amines is 1. The lowest BCUT2D eigenvalue weighted by Crippen LogP contribution is -2.32. The van der Waals surface area contributed by atoms with Crippen molar-refractivity contribution in [1.82, 2.24) is 15.5 Å². The molecule has 3 aromatic rings. The lowest BCUT2D eigenvalue weighted by molar-refractivity contribution is -0.274. The van der Waals surface area contributed by atoms with Crippen LogP contribution in [0.4, 0.5) is 13.2 Å². The normalized spacial score (nSPS) is 12.9. The van der Waals surface area contributed by atoms with Crippen molar-refractivity contribution in [2.45, 2.75) is 25.8 Å². The lowest BCUT2D eigenvalue weighted by atomic mass is 10.1. The van der Waals surface area contributed by atoms with E-state index in [1.807, 2.05) is 25.1 Å². The van der Waals surface area contributed by atoms with Gasteiger partial charge >= 0.3 is 6.36 Å². The van der Waals surface area contributed by atoms with Crippen LogP contribution in [0.2, 0.25) is 0 Å². The molecule has 0 aliphatic carbocycles.